The second kappa shape index (κ2) is 9.57. The highest BCUT2D eigenvalue weighted by molar-refractivity contribution is 8.26. The lowest BCUT2D eigenvalue weighted by Gasteiger charge is -2.22. The number of rotatable bonds is 7. The maximum absolute atomic E-state index is 12.8. The first kappa shape index (κ1) is 22.2. The van der Waals surface area contributed by atoms with Crippen LogP contribution in [0.5, 0.6) is 0 Å². The Kier molecular flexibility index (Phi) is 7.34. The van der Waals surface area contributed by atoms with E-state index in [-0.39, 0.29) is 4.32 Å². The van der Waals surface area contributed by atoms with Crippen LogP contribution in [0.2, 0.25) is 10.0 Å². The van der Waals surface area contributed by atoms with Gasteiger partial charge >= 0.3 is 5.97 Å². The molecular formula is C19H15Cl2NO4S3. The molecule has 0 spiro atoms. The Hall–Kier alpha value is -1.45. The maximum Gasteiger partial charge on any atom is 0.326 e. The van der Waals surface area contributed by atoms with Crippen molar-refractivity contribution in [1.82, 2.24) is 4.90 Å². The van der Waals surface area contributed by atoms with E-state index in [0.29, 0.717) is 44.2 Å². The van der Waals surface area contributed by atoms with Gasteiger partial charge in [0.25, 0.3) is 5.91 Å². The summed E-state index contributed by atoms with van der Waals surface area (Å²) < 4.78 is 6.01. The Balaban J connectivity index is 1.86. The lowest BCUT2D eigenvalue weighted by Crippen LogP contribution is -2.44. The van der Waals surface area contributed by atoms with Crippen molar-refractivity contribution < 1.29 is 19.1 Å². The topological polar surface area (TPSA) is 70.8 Å². The first-order chi connectivity index (χ1) is 13.8. The van der Waals surface area contributed by atoms with Crippen molar-refractivity contribution in [3.63, 3.8) is 0 Å². The Morgan fingerprint density at radius 3 is 2.83 bits per heavy atom. The van der Waals surface area contributed by atoms with Crippen molar-refractivity contribution in [3.8, 4) is 11.3 Å². The fourth-order valence-corrected chi connectivity index (χ4v) is 4.93. The fourth-order valence-electron chi connectivity index (χ4n) is 2.74. The summed E-state index contributed by atoms with van der Waals surface area (Å²) in [5, 5.41) is 10.3. The third-order valence-electron chi connectivity index (χ3n) is 4.13. The highest BCUT2D eigenvalue weighted by Crippen LogP contribution is 2.37. The Bertz CT molecular complexity index is 1010. The molecule has 1 N–H and O–H groups in total. The first-order valence-corrected chi connectivity index (χ1v) is 11.7. The molecule has 1 amide bonds. The van der Waals surface area contributed by atoms with Gasteiger partial charge in [-0.25, -0.2) is 4.79 Å². The number of carbonyl (C=O) groups is 2. The van der Waals surface area contributed by atoms with Gasteiger partial charge in [0.05, 0.1) is 15.0 Å². The highest BCUT2D eigenvalue weighted by Gasteiger charge is 2.40. The third kappa shape index (κ3) is 4.83. The third-order valence-corrected chi connectivity index (χ3v) is 6.93. The monoisotopic (exact) mass is 487 g/mol. The number of carboxylic acids is 1. The molecule has 29 heavy (non-hydrogen) atoms. The molecule has 2 heterocycles. The molecule has 3 rings (SSSR count). The summed E-state index contributed by atoms with van der Waals surface area (Å²) in [6.07, 6.45) is 3.74. The predicted octanol–water partition coefficient (Wildman–Crippen LogP) is 5.66. The van der Waals surface area contributed by atoms with Crippen LogP contribution in [0.4, 0.5) is 0 Å². The van der Waals surface area contributed by atoms with Crippen LogP contribution in [0, 0.1) is 0 Å². The Morgan fingerprint density at radius 2 is 2.14 bits per heavy atom. The molecule has 0 bridgehead atoms. The molecule has 0 aliphatic carbocycles. The molecule has 1 aliphatic rings. The predicted molar refractivity (Wildman–Crippen MR) is 124 cm³/mol. The SMILES string of the molecule is CSCCC(C(=O)O)N1C(=O)C(=Cc2ccc(-c3cccc(Cl)c3Cl)o2)SC1=S. The molecule has 1 aromatic heterocycles. The smallest absolute Gasteiger partial charge is 0.326 e. The number of thiocarbonyl (C=S) groups is 1. The van der Waals surface area contributed by atoms with Crippen LogP contribution < -0.4 is 0 Å². The maximum atomic E-state index is 12.8. The summed E-state index contributed by atoms with van der Waals surface area (Å²) >= 11 is 20.1. The van der Waals surface area contributed by atoms with Gasteiger partial charge in [0.15, 0.2) is 0 Å². The molecule has 2 aromatic rings. The lowest BCUT2D eigenvalue weighted by atomic mass is 10.2. The van der Waals surface area contributed by atoms with Gasteiger partial charge in [-0.1, -0.05) is 53.2 Å². The molecule has 1 fully saturated rings. The van der Waals surface area contributed by atoms with Crippen molar-refractivity contribution in [2.24, 2.45) is 0 Å². The van der Waals surface area contributed by atoms with E-state index in [2.05, 4.69) is 0 Å². The van der Waals surface area contributed by atoms with Crippen molar-refractivity contribution in [2.75, 3.05) is 12.0 Å². The van der Waals surface area contributed by atoms with Crippen LogP contribution in [-0.4, -0.2) is 44.3 Å². The van der Waals surface area contributed by atoms with Crippen molar-refractivity contribution >= 4 is 81.2 Å². The molecule has 1 aromatic carbocycles. The summed E-state index contributed by atoms with van der Waals surface area (Å²) in [5.74, 6) is 0.0181. The largest absolute Gasteiger partial charge is 0.480 e. The Morgan fingerprint density at radius 1 is 1.38 bits per heavy atom. The van der Waals surface area contributed by atoms with E-state index in [1.807, 2.05) is 6.26 Å². The van der Waals surface area contributed by atoms with Gasteiger partial charge in [-0.2, -0.15) is 11.8 Å². The van der Waals surface area contributed by atoms with Crippen LogP contribution in [0.15, 0.2) is 39.7 Å². The number of nitrogens with zero attached hydrogens (tertiary/aromatic N) is 1. The molecule has 152 valence electrons. The molecule has 1 aliphatic heterocycles. The summed E-state index contributed by atoms with van der Waals surface area (Å²) in [6.45, 7) is 0. The number of thioether (sulfide) groups is 2. The normalized spacial score (nSPS) is 16.7. The minimum atomic E-state index is -1.08. The summed E-state index contributed by atoms with van der Waals surface area (Å²) in [4.78, 5) is 25.9. The van der Waals surface area contributed by atoms with Gasteiger partial charge < -0.3 is 9.52 Å². The lowest BCUT2D eigenvalue weighted by molar-refractivity contribution is -0.145. The number of amides is 1. The minimum Gasteiger partial charge on any atom is -0.480 e. The van der Waals surface area contributed by atoms with Gasteiger partial charge in [0.1, 0.15) is 21.9 Å². The van der Waals surface area contributed by atoms with E-state index in [1.165, 1.54) is 16.7 Å². The molecule has 1 saturated heterocycles. The second-order valence-corrected chi connectivity index (χ2v) is 9.44. The zero-order valence-corrected chi connectivity index (χ0v) is 19.0. The standard InChI is InChI=1S/C19H15Cl2NO4S3/c1-28-8-7-13(18(24)25)22-17(23)15(29-19(22)27)9-10-5-6-14(26-10)11-3-2-4-12(20)16(11)21/h2-6,9,13H,7-8H2,1H3,(H,24,25). The number of carboxylic acid groups (broad SMARTS) is 1. The van der Waals surface area contributed by atoms with Gasteiger partial charge in [0.2, 0.25) is 0 Å². The molecule has 1 unspecified atom stereocenters. The number of hydrogen-bond acceptors (Lipinski definition) is 6. The van der Waals surface area contributed by atoms with Crippen LogP contribution in [0.25, 0.3) is 17.4 Å². The van der Waals surface area contributed by atoms with Crippen LogP contribution in [0.1, 0.15) is 12.2 Å². The molecule has 1 atom stereocenters. The number of benzene rings is 1. The molecular weight excluding hydrogens is 473 g/mol. The van der Waals surface area contributed by atoms with Gasteiger partial charge in [-0.15, -0.1) is 0 Å². The summed E-state index contributed by atoms with van der Waals surface area (Å²) in [7, 11) is 0. The number of hydrogen-bond donors (Lipinski definition) is 1. The van der Waals surface area contributed by atoms with Crippen LogP contribution >= 0.6 is 58.9 Å². The zero-order valence-electron chi connectivity index (χ0n) is 15.1. The molecule has 0 saturated carbocycles. The van der Waals surface area contributed by atoms with E-state index >= 15 is 0 Å². The molecule has 0 radical (unpaired) electrons. The first-order valence-electron chi connectivity index (χ1n) is 8.36. The van der Waals surface area contributed by atoms with E-state index in [9.17, 15) is 14.7 Å². The minimum absolute atomic E-state index is 0.222. The van der Waals surface area contributed by atoms with E-state index in [1.54, 1.807) is 36.4 Å². The van der Waals surface area contributed by atoms with E-state index in [0.717, 1.165) is 11.8 Å². The number of carbonyl (C=O) groups excluding carboxylic acids is 1. The van der Waals surface area contributed by atoms with Gasteiger partial charge in [-0.05, 0) is 42.7 Å². The summed E-state index contributed by atoms with van der Waals surface area (Å²) in [5.41, 5.74) is 0.634. The van der Waals surface area contributed by atoms with Gasteiger partial charge in [0, 0.05) is 11.6 Å². The molecule has 5 nitrogen and oxygen atoms in total. The average Bonchev–Trinajstić information content (AvgIpc) is 3.24. The van der Waals surface area contributed by atoms with Crippen LogP contribution in [-0.2, 0) is 9.59 Å². The quantitative estimate of drug-likeness (QED) is 0.398. The average molecular weight is 488 g/mol. The highest BCUT2D eigenvalue weighted by atomic mass is 35.5. The molecule has 10 heteroatoms. The van der Waals surface area contributed by atoms with E-state index in [4.69, 9.17) is 39.8 Å². The Labute approximate surface area is 191 Å². The second-order valence-electron chi connectivity index (χ2n) is 5.99. The van der Waals surface area contributed by atoms with E-state index < -0.39 is 17.9 Å². The van der Waals surface area contributed by atoms with Crippen LogP contribution in [0.3, 0.4) is 0 Å². The summed E-state index contributed by atoms with van der Waals surface area (Å²) in [6, 6.07) is 7.65. The van der Waals surface area contributed by atoms with Crippen molar-refractivity contribution in [2.45, 2.75) is 12.5 Å². The zero-order chi connectivity index (χ0) is 21.1. The van der Waals surface area contributed by atoms with Crippen molar-refractivity contribution in [3.05, 3.63) is 51.0 Å². The van der Waals surface area contributed by atoms with Crippen molar-refractivity contribution in [1.29, 1.82) is 0 Å². The number of halogens is 2. The fraction of sp³-hybridized carbons (Fsp3) is 0.211. The number of furan rings is 1. The van der Waals surface area contributed by atoms with Gasteiger partial charge in [-0.3, -0.25) is 9.69 Å². The number of aliphatic carboxylic acids is 1.